The number of amides is 1. The molecule has 0 unspecified atom stereocenters. The molecule has 180 valence electrons. The molecule has 1 amide bonds. The van der Waals surface area contributed by atoms with Gasteiger partial charge in [0.05, 0.1) is 5.75 Å². The Morgan fingerprint density at radius 1 is 0.944 bits per heavy atom. The Balaban J connectivity index is 1.53. The van der Waals surface area contributed by atoms with Crippen LogP contribution < -0.4 is 16.6 Å². The van der Waals surface area contributed by atoms with Crippen LogP contribution in [0.15, 0.2) is 81.3 Å². The lowest BCUT2D eigenvalue weighted by Crippen LogP contribution is -2.37. The molecular weight excluding hydrogens is 481 g/mol. The molecule has 2 aromatic heterocycles. The number of anilines is 1. The van der Waals surface area contributed by atoms with Crippen molar-refractivity contribution in [3.05, 3.63) is 93.4 Å². The van der Waals surface area contributed by atoms with E-state index in [-0.39, 0.29) is 33.5 Å². The van der Waals surface area contributed by atoms with Crippen LogP contribution in [0, 0.1) is 5.82 Å². The fourth-order valence-electron chi connectivity index (χ4n) is 3.92. The Morgan fingerprint density at radius 2 is 1.67 bits per heavy atom. The molecule has 1 N–H and O–H groups in total. The third kappa shape index (κ3) is 4.27. The van der Waals surface area contributed by atoms with Crippen molar-refractivity contribution in [3.63, 3.8) is 0 Å². The lowest BCUT2D eigenvalue weighted by atomic mass is 10.1. The maximum Gasteiger partial charge on any atom is 0.332 e. The van der Waals surface area contributed by atoms with Crippen molar-refractivity contribution in [2.45, 2.75) is 5.03 Å². The van der Waals surface area contributed by atoms with Gasteiger partial charge in [-0.05, 0) is 35.7 Å². The molecular formula is C26H20FN5O3S. The number of hydrogen-bond donors (Lipinski definition) is 1. The minimum atomic E-state index is -0.560. The van der Waals surface area contributed by atoms with E-state index in [2.05, 4.69) is 15.3 Å². The number of carbonyl (C=O) groups excluding carboxylic acids is 1. The lowest BCUT2D eigenvalue weighted by molar-refractivity contribution is -0.113. The van der Waals surface area contributed by atoms with Crippen LogP contribution in [0.5, 0.6) is 0 Å². The summed E-state index contributed by atoms with van der Waals surface area (Å²) in [7, 11) is 2.88. The number of carbonyl (C=O) groups is 1. The molecule has 0 fully saturated rings. The zero-order chi connectivity index (χ0) is 25.4. The van der Waals surface area contributed by atoms with Crippen LogP contribution in [0.2, 0.25) is 0 Å². The van der Waals surface area contributed by atoms with Crippen molar-refractivity contribution in [1.82, 2.24) is 19.1 Å². The number of nitrogens with one attached hydrogen (secondary N) is 1. The lowest BCUT2D eigenvalue weighted by Gasteiger charge is -2.12. The fraction of sp³-hybridized carbons (Fsp3) is 0.115. The van der Waals surface area contributed by atoms with Crippen LogP contribution in [-0.2, 0) is 18.9 Å². The summed E-state index contributed by atoms with van der Waals surface area (Å²) in [6.45, 7) is 0. The van der Waals surface area contributed by atoms with E-state index in [0.717, 1.165) is 27.1 Å². The predicted octanol–water partition coefficient (Wildman–Crippen LogP) is 3.72. The number of aromatic nitrogens is 4. The molecule has 36 heavy (non-hydrogen) atoms. The number of fused-ring (bicyclic) bond motifs is 2. The molecule has 0 aliphatic heterocycles. The first-order chi connectivity index (χ1) is 17.3. The van der Waals surface area contributed by atoms with Gasteiger partial charge >= 0.3 is 5.69 Å². The number of halogens is 1. The van der Waals surface area contributed by atoms with E-state index in [4.69, 9.17) is 0 Å². The third-order valence-corrected chi connectivity index (χ3v) is 6.75. The number of hydrogen-bond acceptors (Lipinski definition) is 6. The van der Waals surface area contributed by atoms with Crippen molar-refractivity contribution >= 4 is 45.2 Å². The van der Waals surface area contributed by atoms with Gasteiger partial charge in [0.2, 0.25) is 5.91 Å². The van der Waals surface area contributed by atoms with Gasteiger partial charge in [0.15, 0.2) is 11.5 Å². The standard InChI is InChI=1S/C26H20FN5O3S/c1-31-23-21(25(34)32(2)26(31)35)24(30-22(29-23)16-10-12-17(27)13-11-16)36-14-20(33)28-19-9-5-7-15-6-3-4-8-18(15)19/h3-13H,14H2,1-2H3,(H,28,33). The summed E-state index contributed by atoms with van der Waals surface area (Å²) in [6, 6.07) is 18.9. The van der Waals surface area contributed by atoms with Gasteiger partial charge in [-0.1, -0.05) is 48.2 Å². The second kappa shape index (κ2) is 9.38. The summed E-state index contributed by atoms with van der Waals surface area (Å²) in [5.41, 5.74) is 0.219. The van der Waals surface area contributed by atoms with E-state index in [1.807, 2.05) is 42.5 Å². The van der Waals surface area contributed by atoms with E-state index < -0.39 is 17.1 Å². The van der Waals surface area contributed by atoms with Gasteiger partial charge in [-0.3, -0.25) is 18.7 Å². The molecule has 3 aromatic carbocycles. The molecule has 5 rings (SSSR count). The SMILES string of the molecule is Cn1c(=O)c2c(SCC(=O)Nc3cccc4ccccc34)nc(-c3ccc(F)cc3)nc2n(C)c1=O. The zero-order valence-electron chi connectivity index (χ0n) is 19.4. The first-order valence-corrected chi connectivity index (χ1v) is 12.0. The molecule has 0 aliphatic rings. The van der Waals surface area contributed by atoms with Crippen LogP contribution in [-0.4, -0.2) is 30.8 Å². The molecule has 10 heteroatoms. The van der Waals surface area contributed by atoms with Crippen LogP contribution >= 0.6 is 11.8 Å². The van der Waals surface area contributed by atoms with Gasteiger partial charge in [-0.25, -0.2) is 19.2 Å². The summed E-state index contributed by atoms with van der Waals surface area (Å²) < 4.78 is 15.7. The highest BCUT2D eigenvalue weighted by Gasteiger charge is 2.19. The van der Waals surface area contributed by atoms with E-state index in [9.17, 15) is 18.8 Å². The highest BCUT2D eigenvalue weighted by molar-refractivity contribution is 8.00. The van der Waals surface area contributed by atoms with E-state index >= 15 is 0 Å². The fourth-order valence-corrected chi connectivity index (χ4v) is 4.73. The second-order valence-electron chi connectivity index (χ2n) is 8.13. The largest absolute Gasteiger partial charge is 0.332 e. The van der Waals surface area contributed by atoms with Crippen LogP contribution in [0.3, 0.4) is 0 Å². The van der Waals surface area contributed by atoms with E-state index in [1.165, 1.54) is 42.9 Å². The number of aryl methyl sites for hydroxylation is 1. The predicted molar refractivity (Wildman–Crippen MR) is 139 cm³/mol. The molecule has 0 bridgehead atoms. The summed E-state index contributed by atoms with van der Waals surface area (Å²) in [4.78, 5) is 47.4. The molecule has 0 spiro atoms. The number of benzene rings is 3. The quantitative estimate of drug-likeness (QED) is 0.291. The molecule has 0 atom stereocenters. The van der Waals surface area contributed by atoms with Gasteiger partial charge in [0, 0.05) is 30.7 Å². The molecule has 2 heterocycles. The van der Waals surface area contributed by atoms with Gasteiger partial charge < -0.3 is 5.32 Å². The first kappa shape index (κ1) is 23.4. The molecule has 8 nitrogen and oxygen atoms in total. The van der Waals surface area contributed by atoms with Crippen molar-refractivity contribution in [3.8, 4) is 11.4 Å². The summed E-state index contributed by atoms with van der Waals surface area (Å²) in [5.74, 6) is -0.527. The minimum Gasteiger partial charge on any atom is -0.325 e. The average molecular weight is 502 g/mol. The molecule has 0 aliphatic carbocycles. The summed E-state index contributed by atoms with van der Waals surface area (Å²) in [5, 5.41) is 5.21. The van der Waals surface area contributed by atoms with Crippen LogP contribution in [0.4, 0.5) is 10.1 Å². The summed E-state index contributed by atoms with van der Waals surface area (Å²) in [6.07, 6.45) is 0. The normalized spacial score (nSPS) is 11.2. The van der Waals surface area contributed by atoms with Gasteiger partial charge in [-0.2, -0.15) is 0 Å². The Morgan fingerprint density at radius 3 is 2.44 bits per heavy atom. The van der Waals surface area contributed by atoms with Crippen molar-refractivity contribution in [2.24, 2.45) is 14.1 Å². The average Bonchev–Trinajstić information content (AvgIpc) is 2.89. The number of thioether (sulfide) groups is 1. The second-order valence-corrected chi connectivity index (χ2v) is 9.09. The van der Waals surface area contributed by atoms with Crippen LogP contribution in [0.25, 0.3) is 33.2 Å². The molecule has 0 radical (unpaired) electrons. The van der Waals surface area contributed by atoms with E-state index in [1.54, 1.807) is 0 Å². The molecule has 5 aromatic rings. The van der Waals surface area contributed by atoms with Crippen molar-refractivity contribution < 1.29 is 9.18 Å². The smallest absolute Gasteiger partial charge is 0.325 e. The molecule has 0 saturated heterocycles. The Kier molecular flexibility index (Phi) is 6.11. The Bertz CT molecular complexity index is 1760. The highest BCUT2D eigenvalue weighted by Crippen LogP contribution is 2.27. The first-order valence-electron chi connectivity index (χ1n) is 11.0. The zero-order valence-corrected chi connectivity index (χ0v) is 20.2. The Hall–Kier alpha value is -4.31. The number of nitrogens with zero attached hydrogens (tertiary/aromatic N) is 4. The third-order valence-electron chi connectivity index (χ3n) is 5.77. The van der Waals surface area contributed by atoms with Gasteiger partial charge in [0.1, 0.15) is 16.2 Å². The van der Waals surface area contributed by atoms with E-state index in [0.29, 0.717) is 11.3 Å². The van der Waals surface area contributed by atoms with Gasteiger partial charge in [0.25, 0.3) is 5.56 Å². The highest BCUT2D eigenvalue weighted by atomic mass is 32.2. The minimum absolute atomic E-state index is 0.0375. The monoisotopic (exact) mass is 501 g/mol. The maximum atomic E-state index is 13.5. The van der Waals surface area contributed by atoms with Gasteiger partial charge in [-0.15, -0.1) is 0 Å². The summed E-state index contributed by atoms with van der Waals surface area (Å²) >= 11 is 1.07. The Labute approximate surface area is 208 Å². The maximum absolute atomic E-state index is 13.5. The molecule has 0 saturated carbocycles. The topological polar surface area (TPSA) is 98.9 Å². The van der Waals surface area contributed by atoms with Crippen molar-refractivity contribution in [2.75, 3.05) is 11.1 Å². The van der Waals surface area contributed by atoms with Crippen molar-refractivity contribution in [1.29, 1.82) is 0 Å². The number of rotatable bonds is 5. The van der Waals surface area contributed by atoms with Crippen LogP contribution in [0.1, 0.15) is 0 Å².